The molecule has 1 fully saturated rings. The van der Waals surface area contributed by atoms with Crippen molar-refractivity contribution in [1.29, 1.82) is 0 Å². The minimum Gasteiger partial charge on any atom is -0.493 e. The molecule has 96 valence electrons. The van der Waals surface area contributed by atoms with Gasteiger partial charge in [0.1, 0.15) is 5.75 Å². The molecule has 2 aliphatic heterocycles. The first-order valence-corrected chi connectivity index (χ1v) is 6.82. The number of ether oxygens (including phenoxy) is 1. The van der Waals surface area contributed by atoms with Crippen molar-refractivity contribution in [3.05, 3.63) is 29.3 Å². The van der Waals surface area contributed by atoms with E-state index < -0.39 is 0 Å². The summed E-state index contributed by atoms with van der Waals surface area (Å²) < 4.78 is 5.45. The van der Waals surface area contributed by atoms with Gasteiger partial charge in [-0.1, -0.05) is 0 Å². The zero-order valence-electron chi connectivity index (χ0n) is 10.6. The van der Waals surface area contributed by atoms with Crippen LogP contribution in [0.1, 0.15) is 35.2 Å². The van der Waals surface area contributed by atoms with Crippen LogP contribution in [0.15, 0.2) is 18.2 Å². The molecule has 1 aromatic rings. The number of Topliss-reactive ketones (excluding diaryl/α,β-unsaturated/α-hetero) is 1. The highest BCUT2D eigenvalue weighted by atomic mass is 16.5. The second kappa shape index (κ2) is 5.11. The van der Waals surface area contributed by atoms with Gasteiger partial charge in [0, 0.05) is 18.4 Å². The van der Waals surface area contributed by atoms with E-state index in [1.807, 2.05) is 18.2 Å². The zero-order chi connectivity index (χ0) is 12.4. The summed E-state index contributed by atoms with van der Waals surface area (Å²) in [5.41, 5.74) is 2.04. The number of benzene rings is 1. The Labute approximate surface area is 108 Å². The fourth-order valence-electron chi connectivity index (χ4n) is 2.80. The summed E-state index contributed by atoms with van der Waals surface area (Å²) in [4.78, 5) is 12.1. The second-order valence-electron chi connectivity index (χ2n) is 5.24. The predicted octanol–water partition coefficient (Wildman–Crippen LogP) is 2.19. The third-order valence-corrected chi connectivity index (χ3v) is 3.95. The first-order chi connectivity index (χ1) is 8.83. The normalized spacial score (nSPS) is 21.7. The first-order valence-electron chi connectivity index (χ1n) is 6.82. The molecule has 3 rings (SSSR count). The van der Waals surface area contributed by atoms with Crippen molar-refractivity contribution in [3.8, 4) is 5.75 Å². The van der Waals surface area contributed by atoms with Crippen LogP contribution in [0.4, 0.5) is 0 Å². The summed E-state index contributed by atoms with van der Waals surface area (Å²) in [5, 5.41) is 3.34. The SMILES string of the molecule is O=C(CCC1CCNC1)c1ccc2c(c1)CCO2. The van der Waals surface area contributed by atoms with Gasteiger partial charge in [-0.3, -0.25) is 4.79 Å². The number of carbonyl (C=O) groups excluding carboxylic acids is 1. The number of rotatable bonds is 4. The van der Waals surface area contributed by atoms with Crippen LogP contribution in [0, 0.1) is 5.92 Å². The average molecular weight is 245 g/mol. The van der Waals surface area contributed by atoms with Crippen molar-refractivity contribution in [1.82, 2.24) is 5.32 Å². The van der Waals surface area contributed by atoms with Crippen LogP contribution in [0.2, 0.25) is 0 Å². The van der Waals surface area contributed by atoms with Crippen molar-refractivity contribution in [2.45, 2.75) is 25.7 Å². The maximum atomic E-state index is 12.1. The predicted molar refractivity (Wildman–Crippen MR) is 70.2 cm³/mol. The van der Waals surface area contributed by atoms with Gasteiger partial charge < -0.3 is 10.1 Å². The molecule has 0 bridgehead atoms. The van der Waals surface area contributed by atoms with Crippen LogP contribution in [0.3, 0.4) is 0 Å². The van der Waals surface area contributed by atoms with Gasteiger partial charge in [0.05, 0.1) is 6.61 Å². The van der Waals surface area contributed by atoms with Crippen molar-refractivity contribution in [3.63, 3.8) is 0 Å². The van der Waals surface area contributed by atoms with E-state index in [1.165, 1.54) is 12.0 Å². The van der Waals surface area contributed by atoms with Gasteiger partial charge in [-0.2, -0.15) is 0 Å². The van der Waals surface area contributed by atoms with Crippen LogP contribution in [-0.2, 0) is 6.42 Å². The molecule has 0 spiro atoms. The molecule has 3 heteroatoms. The molecule has 0 aliphatic carbocycles. The molecule has 1 aromatic carbocycles. The van der Waals surface area contributed by atoms with Gasteiger partial charge in [-0.05, 0) is 55.6 Å². The fraction of sp³-hybridized carbons (Fsp3) is 0.533. The molecule has 2 heterocycles. The second-order valence-corrected chi connectivity index (χ2v) is 5.24. The van der Waals surface area contributed by atoms with Crippen molar-refractivity contribution in [2.24, 2.45) is 5.92 Å². The van der Waals surface area contributed by atoms with Gasteiger partial charge >= 0.3 is 0 Å². The molecule has 3 nitrogen and oxygen atoms in total. The topological polar surface area (TPSA) is 38.3 Å². The summed E-state index contributed by atoms with van der Waals surface area (Å²) in [7, 11) is 0. The Morgan fingerprint density at radius 1 is 1.44 bits per heavy atom. The maximum absolute atomic E-state index is 12.1. The van der Waals surface area contributed by atoms with Gasteiger partial charge in [-0.15, -0.1) is 0 Å². The molecule has 0 aromatic heterocycles. The van der Waals surface area contributed by atoms with E-state index in [1.54, 1.807) is 0 Å². The molecule has 1 N–H and O–H groups in total. The van der Waals surface area contributed by atoms with E-state index in [0.29, 0.717) is 12.3 Å². The van der Waals surface area contributed by atoms with Crippen LogP contribution < -0.4 is 10.1 Å². The lowest BCUT2D eigenvalue weighted by Gasteiger charge is -2.07. The Balaban J connectivity index is 1.61. The number of fused-ring (bicyclic) bond motifs is 1. The lowest BCUT2D eigenvalue weighted by molar-refractivity contribution is 0.0974. The molecule has 1 atom stereocenters. The quantitative estimate of drug-likeness (QED) is 0.826. The standard InChI is InChI=1S/C15H19NO2/c17-14(3-1-11-5-7-16-10-11)12-2-4-15-13(9-12)6-8-18-15/h2,4,9,11,16H,1,3,5-8,10H2. The Bertz CT molecular complexity index is 450. The number of nitrogens with one attached hydrogen (secondary N) is 1. The van der Waals surface area contributed by atoms with Crippen molar-refractivity contribution in [2.75, 3.05) is 19.7 Å². The molecule has 1 unspecified atom stereocenters. The van der Waals surface area contributed by atoms with E-state index in [-0.39, 0.29) is 5.78 Å². The number of ketones is 1. The Kier molecular flexibility index (Phi) is 3.33. The number of hydrogen-bond donors (Lipinski definition) is 1. The summed E-state index contributed by atoms with van der Waals surface area (Å²) in [6.45, 7) is 2.93. The highest BCUT2D eigenvalue weighted by Gasteiger charge is 2.18. The monoisotopic (exact) mass is 245 g/mol. The van der Waals surface area contributed by atoms with Crippen molar-refractivity contribution >= 4 is 5.78 Å². The summed E-state index contributed by atoms with van der Waals surface area (Å²) >= 11 is 0. The zero-order valence-corrected chi connectivity index (χ0v) is 10.6. The highest BCUT2D eigenvalue weighted by molar-refractivity contribution is 5.96. The van der Waals surface area contributed by atoms with Crippen molar-refractivity contribution < 1.29 is 9.53 Å². The van der Waals surface area contributed by atoms with Gasteiger partial charge in [0.25, 0.3) is 0 Å². The first kappa shape index (κ1) is 11.7. The number of hydrogen-bond acceptors (Lipinski definition) is 3. The molecule has 18 heavy (non-hydrogen) atoms. The van der Waals surface area contributed by atoms with Crippen LogP contribution >= 0.6 is 0 Å². The molecule has 0 radical (unpaired) electrons. The minimum absolute atomic E-state index is 0.275. The van der Waals surface area contributed by atoms with Gasteiger partial charge in [0.15, 0.2) is 5.78 Å². The molecule has 1 saturated heterocycles. The Hall–Kier alpha value is -1.35. The molecular formula is C15H19NO2. The third kappa shape index (κ3) is 2.41. The summed E-state index contributed by atoms with van der Waals surface area (Å²) in [6.07, 6.45) is 3.83. The third-order valence-electron chi connectivity index (χ3n) is 3.95. The summed E-state index contributed by atoms with van der Waals surface area (Å²) in [5.74, 6) is 1.91. The minimum atomic E-state index is 0.275. The largest absolute Gasteiger partial charge is 0.493 e. The Morgan fingerprint density at radius 3 is 3.22 bits per heavy atom. The molecule has 0 saturated carbocycles. The van der Waals surface area contributed by atoms with Gasteiger partial charge in [-0.25, -0.2) is 0 Å². The smallest absolute Gasteiger partial charge is 0.162 e. The highest BCUT2D eigenvalue weighted by Crippen LogP contribution is 2.26. The van der Waals surface area contributed by atoms with Crippen LogP contribution in [0.25, 0.3) is 0 Å². The number of carbonyl (C=O) groups is 1. The fourth-order valence-corrected chi connectivity index (χ4v) is 2.80. The molecule has 2 aliphatic rings. The van der Waals surface area contributed by atoms with E-state index >= 15 is 0 Å². The lowest BCUT2D eigenvalue weighted by Crippen LogP contribution is -2.10. The van der Waals surface area contributed by atoms with Gasteiger partial charge in [0.2, 0.25) is 0 Å². The van der Waals surface area contributed by atoms with E-state index in [4.69, 9.17) is 4.74 Å². The Morgan fingerprint density at radius 2 is 2.39 bits per heavy atom. The maximum Gasteiger partial charge on any atom is 0.162 e. The van der Waals surface area contributed by atoms with E-state index in [9.17, 15) is 4.79 Å². The summed E-state index contributed by atoms with van der Waals surface area (Å²) in [6, 6.07) is 5.85. The van der Waals surface area contributed by atoms with Crippen LogP contribution in [-0.4, -0.2) is 25.5 Å². The van der Waals surface area contributed by atoms with E-state index in [0.717, 1.165) is 43.9 Å². The van der Waals surface area contributed by atoms with E-state index in [2.05, 4.69) is 5.32 Å². The molecule has 0 amide bonds. The van der Waals surface area contributed by atoms with Crippen LogP contribution in [0.5, 0.6) is 5.75 Å². The lowest BCUT2D eigenvalue weighted by atomic mass is 9.97. The molecular weight excluding hydrogens is 226 g/mol. The average Bonchev–Trinajstić information content (AvgIpc) is 3.05.